The molecule has 2 aromatic rings. The zero-order valence-corrected chi connectivity index (χ0v) is 12.2. The quantitative estimate of drug-likeness (QED) is 0.763. The standard InChI is InChI=1S/C14H17BrN2/c1-10-6-5-7-11(8-10)12-9-13(15)16-17(12)14(2,3)4/h5-9H,1-4H3. The van der Waals surface area contributed by atoms with Crippen molar-refractivity contribution in [3.05, 3.63) is 40.5 Å². The first kappa shape index (κ1) is 12.4. The van der Waals surface area contributed by atoms with E-state index in [1.54, 1.807) is 0 Å². The Bertz CT molecular complexity index is 535. The molecule has 17 heavy (non-hydrogen) atoms. The second kappa shape index (κ2) is 4.30. The summed E-state index contributed by atoms with van der Waals surface area (Å²) in [5.74, 6) is 0. The van der Waals surface area contributed by atoms with Crippen molar-refractivity contribution in [3.63, 3.8) is 0 Å². The van der Waals surface area contributed by atoms with Crippen LogP contribution >= 0.6 is 15.9 Å². The van der Waals surface area contributed by atoms with Crippen molar-refractivity contribution in [2.24, 2.45) is 0 Å². The summed E-state index contributed by atoms with van der Waals surface area (Å²) in [5.41, 5.74) is 3.59. The van der Waals surface area contributed by atoms with Crippen molar-refractivity contribution < 1.29 is 0 Å². The molecule has 0 aliphatic rings. The zero-order valence-electron chi connectivity index (χ0n) is 10.7. The van der Waals surface area contributed by atoms with E-state index in [1.807, 2.05) is 0 Å². The van der Waals surface area contributed by atoms with Gasteiger partial charge in [-0.1, -0.05) is 23.8 Å². The van der Waals surface area contributed by atoms with Crippen LogP contribution in [0, 0.1) is 6.92 Å². The second-order valence-corrected chi connectivity index (χ2v) is 6.12. The molecule has 1 aromatic heterocycles. The van der Waals surface area contributed by atoms with E-state index >= 15 is 0 Å². The highest BCUT2D eigenvalue weighted by atomic mass is 79.9. The van der Waals surface area contributed by atoms with E-state index in [0.29, 0.717) is 0 Å². The molecule has 0 radical (unpaired) electrons. The minimum Gasteiger partial charge on any atom is -0.258 e. The molecule has 0 spiro atoms. The van der Waals surface area contributed by atoms with Gasteiger partial charge in [-0.05, 0) is 55.8 Å². The maximum atomic E-state index is 4.52. The van der Waals surface area contributed by atoms with E-state index in [-0.39, 0.29) is 5.54 Å². The number of nitrogens with zero attached hydrogens (tertiary/aromatic N) is 2. The van der Waals surface area contributed by atoms with Gasteiger partial charge >= 0.3 is 0 Å². The van der Waals surface area contributed by atoms with Crippen molar-refractivity contribution in [1.29, 1.82) is 0 Å². The summed E-state index contributed by atoms with van der Waals surface area (Å²) in [6.07, 6.45) is 0. The van der Waals surface area contributed by atoms with Crippen molar-refractivity contribution in [2.45, 2.75) is 33.2 Å². The normalized spacial score (nSPS) is 11.8. The van der Waals surface area contributed by atoms with Gasteiger partial charge in [0.25, 0.3) is 0 Å². The number of hydrogen-bond acceptors (Lipinski definition) is 1. The van der Waals surface area contributed by atoms with Gasteiger partial charge in [0, 0.05) is 5.56 Å². The maximum Gasteiger partial charge on any atom is 0.128 e. The van der Waals surface area contributed by atoms with Crippen LogP contribution < -0.4 is 0 Å². The van der Waals surface area contributed by atoms with Gasteiger partial charge in [-0.25, -0.2) is 0 Å². The van der Waals surface area contributed by atoms with Crippen molar-refractivity contribution in [3.8, 4) is 11.3 Å². The lowest BCUT2D eigenvalue weighted by Gasteiger charge is -2.22. The molecule has 90 valence electrons. The molecule has 0 N–H and O–H groups in total. The average Bonchev–Trinajstić information content (AvgIpc) is 2.60. The molecule has 0 unspecified atom stereocenters. The van der Waals surface area contributed by atoms with E-state index in [2.05, 4.69) is 83.7 Å². The molecule has 1 heterocycles. The Labute approximate surface area is 111 Å². The highest BCUT2D eigenvalue weighted by molar-refractivity contribution is 9.10. The van der Waals surface area contributed by atoms with E-state index < -0.39 is 0 Å². The van der Waals surface area contributed by atoms with E-state index in [1.165, 1.54) is 11.1 Å². The fourth-order valence-corrected chi connectivity index (χ4v) is 2.25. The molecule has 2 nitrogen and oxygen atoms in total. The minimum atomic E-state index is -0.0227. The van der Waals surface area contributed by atoms with Crippen LogP contribution in [0.25, 0.3) is 11.3 Å². The molecule has 2 rings (SSSR count). The largest absolute Gasteiger partial charge is 0.258 e. The number of benzene rings is 1. The third-order valence-corrected chi connectivity index (χ3v) is 3.02. The Hall–Kier alpha value is -1.09. The molecule has 3 heteroatoms. The van der Waals surface area contributed by atoms with Gasteiger partial charge in [0.2, 0.25) is 0 Å². The first-order valence-corrected chi connectivity index (χ1v) is 6.50. The second-order valence-electron chi connectivity index (χ2n) is 5.30. The Morgan fingerprint density at radius 2 is 1.88 bits per heavy atom. The fraction of sp³-hybridized carbons (Fsp3) is 0.357. The van der Waals surface area contributed by atoms with Gasteiger partial charge in [0.15, 0.2) is 0 Å². The Balaban J connectivity index is 2.60. The zero-order chi connectivity index (χ0) is 12.6. The van der Waals surface area contributed by atoms with E-state index in [9.17, 15) is 0 Å². The molecule has 0 fully saturated rings. The molecule has 0 aliphatic heterocycles. The Morgan fingerprint density at radius 1 is 1.18 bits per heavy atom. The lowest BCUT2D eigenvalue weighted by Crippen LogP contribution is -2.24. The molecule has 0 aliphatic carbocycles. The molecular weight excluding hydrogens is 276 g/mol. The summed E-state index contributed by atoms with van der Waals surface area (Å²) < 4.78 is 2.94. The van der Waals surface area contributed by atoms with Gasteiger partial charge in [0.1, 0.15) is 4.60 Å². The molecule has 0 amide bonds. The highest BCUT2D eigenvalue weighted by Gasteiger charge is 2.19. The Morgan fingerprint density at radius 3 is 2.47 bits per heavy atom. The topological polar surface area (TPSA) is 17.8 Å². The number of hydrogen-bond donors (Lipinski definition) is 0. The lowest BCUT2D eigenvalue weighted by atomic mass is 10.1. The smallest absolute Gasteiger partial charge is 0.128 e. The summed E-state index contributed by atoms with van der Waals surface area (Å²) in [6, 6.07) is 10.6. The van der Waals surface area contributed by atoms with Crippen LogP contribution in [-0.2, 0) is 5.54 Å². The van der Waals surface area contributed by atoms with Crippen LogP contribution in [0.2, 0.25) is 0 Å². The molecule has 0 saturated carbocycles. The van der Waals surface area contributed by atoms with Gasteiger partial charge in [0.05, 0.1) is 11.2 Å². The van der Waals surface area contributed by atoms with Crippen molar-refractivity contribution in [1.82, 2.24) is 9.78 Å². The molecule has 0 bridgehead atoms. The predicted molar refractivity (Wildman–Crippen MR) is 75.1 cm³/mol. The number of aromatic nitrogens is 2. The van der Waals surface area contributed by atoms with Gasteiger partial charge in [-0.15, -0.1) is 0 Å². The van der Waals surface area contributed by atoms with Crippen LogP contribution in [0.15, 0.2) is 34.9 Å². The van der Waals surface area contributed by atoms with Gasteiger partial charge in [-0.2, -0.15) is 5.10 Å². The summed E-state index contributed by atoms with van der Waals surface area (Å²) in [5, 5.41) is 4.52. The molecule has 0 saturated heterocycles. The van der Waals surface area contributed by atoms with E-state index in [0.717, 1.165) is 10.3 Å². The van der Waals surface area contributed by atoms with Crippen LogP contribution in [0.5, 0.6) is 0 Å². The number of aryl methyl sites for hydroxylation is 1. The van der Waals surface area contributed by atoms with Crippen LogP contribution in [0.1, 0.15) is 26.3 Å². The average molecular weight is 293 g/mol. The summed E-state index contributed by atoms with van der Waals surface area (Å²) in [4.78, 5) is 0. The predicted octanol–water partition coefficient (Wildman–Crippen LogP) is 4.38. The molecule has 1 aromatic carbocycles. The van der Waals surface area contributed by atoms with Crippen LogP contribution in [-0.4, -0.2) is 9.78 Å². The highest BCUT2D eigenvalue weighted by Crippen LogP contribution is 2.28. The third-order valence-electron chi connectivity index (χ3n) is 2.63. The minimum absolute atomic E-state index is 0.0227. The fourth-order valence-electron chi connectivity index (χ4n) is 1.87. The molecular formula is C14H17BrN2. The lowest BCUT2D eigenvalue weighted by molar-refractivity contribution is 0.358. The van der Waals surface area contributed by atoms with Crippen LogP contribution in [0.4, 0.5) is 0 Å². The Kier molecular flexibility index (Phi) is 3.13. The molecule has 0 atom stereocenters. The first-order valence-electron chi connectivity index (χ1n) is 5.71. The van der Waals surface area contributed by atoms with Gasteiger partial charge < -0.3 is 0 Å². The summed E-state index contributed by atoms with van der Waals surface area (Å²) >= 11 is 3.46. The number of halogens is 1. The monoisotopic (exact) mass is 292 g/mol. The first-order chi connectivity index (χ1) is 7.88. The number of rotatable bonds is 1. The van der Waals surface area contributed by atoms with Crippen molar-refractivity contribution >= 4 is 15.9 Å². The van der Waals surface area contributed by atoms with Crippen molar-refractivity contribution in [2.75, 3.05) is 0 Å². The maximum absolute atomic E-state index is 4.52. The third kappa shape index (κ3) is 2.60. The van der Waals surface area contributed by atoms with E-state index in [4.69, 9.17) is 0 Å². The SMILES string of the molecule is Cc1cccc(-c2cc(Br)nn2C(C)(C)C)c1. The van der Waals surface area contributed by atoms with Crippen LogP contribution in [0.3, 0.4) is 0 Å². The summed E-state index contributed by atoms with van der Waals surface area (Å²) in [7, 11) is 0. The summed E-state index contributed by atoms with van der Waals surface area (Å²) in [6.45, 7) is 8.58. The van der Waals surface area contributed by atoms with Gasteiger partial charge in [-0.3, -0.25) is 4.68 Å².